The number of hydrogen-bond acceptors (Lipinski definition) is 3. The predicted octanol–water partition coefficient (Wildman–Crippen LogP) is 4.28. The molecule has 132 valence electrons. The molecule has 0 aliphatic heterocycles. The molecule has 1 heterocycles. The molecule has 2 aromatic carbocycles. The molecule has 0 N–H and O–H groups in total. The van der Waals surface area contributed by atoms with E-state index < -0.39 is 12.0 Å². The van der Waals surface area contributed by atoms with Gasteiger partial charge in [-0.25, -0.2) is 4.98 Å². The van der Waals surface area contributed by atoms with Crippen LogP contribution in [-0.4, -0.2) is 23.5 Å². The number of imidazole rings is 1. The molecule has 0 bridgehead atoms. The third kappa shape index (κ3) is 3.93. The molecule has 0 fully saturated rings. The lowest BCUT2D eigenvalue weighted by Crippen LogP contribution is -2.16. The van der Waals surface area contributed by atoms with Gasteiger partial charge in [0.05, 0.1) is 11.0 Å². The van der Waals surface area contributed by atoms with Crippen molar-refractivity contribution in [3.8, 4) is 5.75 Å². The van der Waals surface area contributed by atoms with Crippen LogP contribution in [0.3, 0.4) is 0 Å². The molecular formula is C18H17F3N2O2. The van der Waals surface area contributed by atoms with Crippen LogP contribution in [0.15, 0.2) is 48.5 Å². The lowest BCUT2D eigenvalue weighted by Gasteiger charge is -2.12. The van der Waals surface area contributed by atoms with Crippen molar-refractivity contribution in [2.45, 2.75) is 19.1 Å². The number of fused-ring (bicyclic) bond motifs is 1. The monoisotopic (exact) mass is 350 g/mol. The Morgan fingerprint density at radius 2 is 1.76 bits per heavy atom. The van der Waals surface area contributed by atoms with Crippen LogP contribution in [0.1, 0.15) is 11.4 Å². The Labute approximate surface area is 142 Å². The van der Waals surface area contributed by atoms with Crippen molar-refractivity contribution in [3.63, 3.8) is 0 Å². The van der Waals surface area contributed by atoms with Crippen LogP contribution in [0.4, 0.5) is 13.2 Å². The smallest absolute Gasteiger partial charge is 0.449 e. The van der Waals surface area contributed by atoms with Gasteiger partial charge in [-0.2, -0.15) is 13.2 Å². The second-order valence-corrected chi connectivity index (χ2v) is 5.52. The molecule has 0 radical (unpaired) electrons. The van der Waals surface area contributed by atoms with Crippen LogP contribution in [-0.2, 0) is 23.9 Å². The van der Waals surface area contributed by atoms with E-state index in [0.29, 0.717) is 23.2 Å². The van der Waals surface area contributed by atoms with Crippen LogP contribution < -0.4 is 4.74 Å². The molecule has 1 aromatic heterocycles. The van der Waals surface area contributed by atoms with E-state index in [4.69, 9.17) is 9.47 Å². The molecule has 0 aliphatic rings. The Morgan fingerprint density at radius 3 is 2.44 bits per heavy atom. The minimum absolute atomic E-state index is 0.148. The fraction of sp³-hybridized carbons (Fsp3) is 0.278. The highest BCUT2D eigenvalue weighted by Gasteiger charge is 2.37. The van der Waals surface area contributed by atoms with Gasteiger partial charge in [0, 0.05) is 13.7 Å². The molecule has 0 aliphatic carbocycles. The maximum absolute atomic E-state index is 13.3. The molecule has 0 unspecified atom stereocenters. The van der Waals surface area contributed by atoms with Gasteiger partial charge in [-0.15, -0.1) is 0 Å². The fourth-order valence-corrected chi connectivity index (χ4v) is 2.64. The first-order valence-electron chi connectivity index (χ1n) is 7.72. The number of aromatic nitrogens is 2. The van der Waals surface area contributed by atoms with E-state index in [1.165, 1.54) is 11.7 Å². The van der Waals surface area contributed by atoms with Crippen LogP contribution in [0.25, 0.3) is 11.0 Å². The summed E-state index contributed by atoms with van der Waals surface area (Å²) in [5.41, 5.74) is 1.74. The minimum Gasteiger partial charge on any atom is -0.468 e. The standard InChI is InChI=1S/C18H17F3N2O2/c1-24-12-25-14-8-6-13(7-9-14)10-11-23-16-5-3-2-4-15(16)22-17(23)18(19,20)21/h2-9H,10-12H2,1H3. The van der Waals surface area contributed by atoms with E-state index in [1.54, 1.807) is 36.4 Å². The van der Waals surface area contributed by atoms with Crippen molar-refractivity contribution < 1.29 is 22.6 Å². The highest BCUT2D eigenvalue weighted by Crippen LogP contribution is 2.31. The summed E-state index contributed by atoms with van der Waals surface area (Å²) in [5, 5.41) is 0. The molecule has 4 nitrogen and oxygen atoms in total. The third-order valence-electron chi connectivity index (χ3n) is 3.80. The minimum atomic E-state index is -4.49. The first-order chi connectivity index (χ1) is 12.0. The number of para-hydroxylation sites is 2. The molecule has 0 amide bonds. The largest absolute Gasteiger partial charge is 0.468 e. The van der Waals surface area contributed by atoms with Crippen LogP contribution >= 0.6 is 0 Å². The number of rotatable bonds is 6. The van der Waals surface area contributed by atoms with Gasteiger partial charge in [0.25, 0.3) is 0 Å². The van der Waals surface area contributed by atoms with Gasteiger partial charge in [0.1, 0.15) is 5.75 Å². The molecule has 0 saturated heterocycles. The molecule has 0 atom stereocenters. The summed E-state index contributed by atoms with van der Waals surface area (Å²) in [6.45, 7) is 0.336. The lowest BCUT2D eigenvalue weighted by molar-refractivity contribution is -0.146. The Morgan fingerprint density at radius 1 is 1.04 bits per heavy atom. The van der Waals surface area contributed by atoms with Gasteiger partial charge in [-0.3, -0.25) is 0 Å². The van der Waals surface area contributed by atoms with Crippen molar-refractivity contribution in [1.29, 1.82) is 0 Å². The Balaban J connectivity index is 1.81. The molecule has 25 heavy (non-hydrogen) atoms. The number of alkyl halides is 3. The number of halogens is 3. The third-order valence-corrected chi connectivity index (χ3v) is 3.80. The average molecular weight is 350 g/mol. The number of nitrogens with zero attached hydrogens (tertiary/aromatic N) is 2. The fourth-order valence-electron chi connectivity index (χ4n) is 2.64. The van der Waals surface area contributed by atoms with E-state index in [1.807, 2.05) is 12.1 Å². The molecular weight excluding hydrogens is 333 g/mol. The Hall–Kier alpha value is -2.54. The summed E-state index contributed by atoms with van der Waals surface area (Å²) >= 11 is 0. The summed E-state index contributed by atoms with van der Waals surface area (Å²) < 4.78 is 51.2. The van der Waals surface area contributed by atoms with E-state index in [2.05, 4.69) is 4.98 Å². The average Bonchev–Trinajstić information content (AvgIpc) is 2.98. The number of benzene rings is 2. The Kier molecular flexibility index (Phi) is 4.94. The molecule has 0 spiro atoms. The topological polar surface area (TPSA) is 36.3 Å². The van der Waals surface area contributed by atoms with Gasteiger partial charge in [-0.1, -0.05) is 24.3 Å². The van der Waals surface area contributed by atoms with E-state index in [9.17, 15) is 13.2 Å². The zero-order chi connectivity index (χ0) is 17.9. The van der Waals surface area contributed by atoms with Gasteiger partial charge in [0.2, 0.25) is 5.82 Å². The quantitative estimate of drug-likeness (QED) is 0.623. The van der Waals surface area contributed by atoms with Crippen molar-refractivity contribution in [2.75, 3.05) is 13.9 Å². The first-order valence-corrected chi connectivity index (χ1v) is 7.72. The van der Waals surface area contributed by atoms with Gasteiger partial charge >= 0.3 is 6.18 Å². The summed E-state index contributed by atoms with van der Waals surface area (Å²) in [7, 11) is 1.53. The van der Waals surface area contributed by atoms with E-state index in [0.717, 1.165) is 5.56 Å². The number of hydrogen-bond donors (Lipinski definition) is 0. The van der Waals surface area contributed by atoms with Gasteiger partial charge < -0.3 is 14.0 Å². The highest BCUT2D eigenvalue weighted by atomic mass is 19.4. The van der Waals surface area contributed by atoms with Crippen LogP contribution in [0.5, 0.6) is 5.75 Å². The van der Waals surface area contributed by atoms with Crippen molar-refractivity contribution in [1.82, 2.24) is 9.55 Å². The second-order valence-electron chi connectivity index (χ2n) is 5.52. The van der Waals surface area contributed by atoms with Crippen LogP contribution in [0, 0.1) is 0 Å². The van der Waals surface area contributed by atoms with Crippen molar-refractivity contribution in [2.24, 2.45) is 0 Å². The zero-order valence-corrected chi connectivity index (χ0v) is 13.6. The van der Waals surface area contributed by atoms with E-state index in [-0.39, 0.29) is 13.3 Å². The molecule has 3 rings (SSSR count). The SMILES string of the molecule is COCOc1ccc(CCn2c(C(F)(F)F)nc3ccccc32)cc1. The number of aryl methyl sites for hydroxylation is 2. The molecule has 0 saturated carbocycles. The van der Waals surface area contributed by atoms with Gasteiger partial charge in [0.15, 0.2) is 6.79 Å². The predicted molar refractivity (Wildman–Crippen MR) is 87.4 cm³/mol. The molecule has 3 aromatic rings. The van der Waals surface area contributed by atoms with Crippen LogP contribution in [0.2, 0.25) is 0 Å². The number of ether oxygens (including phenoxy) is 2. The molecule has 7 heteroatoms. The van der Waals surface area contributed by atoms with Gasteiger partial charge in [-0.05, 0) is 36.2 Å². The zero-order valence-electron chi connectivity index (χ0n) is 13.6. The Bertz CT molecular complexity index is 842. The lowest BCUT2D eigenvalue weighted by atomic mass is 10.1. The normalized spacial score (nSPS) is 11.8. The maximum atomic E-state index is 13.3. The first kappa shape index (κ1) is 17.3. The second kappa shape index (κ2) is 7.14. The summed E-state index contributed by atoms with van der Waals surface area (Å²) in [5.74, 6) is -0.219. The summed E-state index contributed by atoms with van der Waals surface area (Å²) in [6, 6.07) is 13.8. The highest BCUT2D eigenvalue weighted by molar-refractivity contribution is 5.76. The summed E-state index contributed by atoms with van der Waals surface area (Å²) in [4.78, 5) is 3.75. The van der Waals surface area contributed by atoms with E-state index >= 15 is 0 Å². The summed E-state index contributed by atoms with van der Waals surface area (Å²) in [6.07, 6.45) is -4.04. The number of methoxy groups -OCH3 is 1. The van der Waals surface area contributed by atoms with Crippen molar-refractivity contribution in [3.05, 3.63) is 59.9 Å². The van der Waals surface area contributed by atoms with Crippen molar-refractivity contribution >= 4 is 11.0 Å². The maximum Gasteiger partial charge on any atom is 0.449 e.